The van der Waals surface area contributed by atoms with E-state index in [1.165, 1.54) is 12.8 Å². The van der Waals surface area contributed by atoms with Gasteiger partial charge in [-0.3, -0.25) is 4.79 Å². The summed E-state index contributed by atoms with van der Waals surface area (Å²) in [6.07, 6.45) is 7.08. The van der Waals surface area contributed by atoms with Gasteiger partial charge in [-0.1, -0.05) is 25.4 Å². The Kier molecular flexibility index (Phi) is 5.85. The standard InChI is InChI=1S/C16H24ClN3O/c1-3-8-18-15-14(17)9-12(10-19-15)16(21)20-13-6-4-11(2)5-7-13/h9-11,13H,3-8H2,1-2H3,(H,18,19)(H,20,21). The lowest BCUT2D eigenvalue weighted by atomic mass is 9.87. The first-order chi connectivity index (χ1) is 10.1. The van der Waals surface area contributed by atoms with Gasteiger partial charge >= 0.3 is 0 Å². The maximum Gasteiger partial charge on any atom is 0.253 e. The third-order valence-electron chi connectivity index (χ3n) is 4.00. The number of hydrogen-bond donors (Lipinski definition) is 2. The average Bonchev–Trinajstić information content (AvgIpc) is 2.48. The molecule has 0 radical (unpaired) electrons. The molecule has 2 N–H and O–H groups in total. The number of nitrogens with zero attached hydrogens (tertiary/aromatic N) is 1. The highest BCUT2D eigenvalue weighted by Crippen LogP contribution is 2.24. The van der Waals surface area contributed by atoms with E-state index in [0.29, 0.717) is 16.4 Å². The fourth-order valence-electron chi connectivity index (χ4n) is 2.61. The summed E-state index contributed by atoms with van der Waals surface area (Å²) in [7, 11) is 0. The quantitative estimate of drug-likeness (QED) is 0.868. The first-order valence-corrected chi connectivity index (χ1v) is 8.18. The van der Waals surface area contributed by atoms with E-state index in [1.54, 1.807) is 12.3 Å². The molecule has 1 aromatic rings. The second kappa shape index (κ2) is 7.64. The number of carbonyl (C=O) groups is 1. The summed E-state index contributed by atoms with van der Waals surface area (Å²) < 4.78 is 0. The lowest BCUT2D eigenvalue weighted by molar-refractivity contribution is 0.0922. The van der Waals surface area contributed by atoms with Crippen LogP contribution in [0.3, 0.4) is 0 Å². The first kappa shape index (κ1) is 16.1. The Bertz CT molecular complexity index is 484. The van der Waals surface area contributed by atoms with Gasteiger partial charge in [-0.15, -0.1) is 0 Å². The number of pyridine rings is 1. The minimum atomic E-state index is -0.0778. The van der Waals surface area contributed by atoms with Gasteiger partial charge in [0, 0.05) is 18.8 Å². The molecule has 1 aliphatic rings. The van der Waals surface area contributed by atoms with Crippen molar-refractivity contribution in [2.45, 2.75) is 52.0 Å². The van der Waals surface area contributed by atoms with Gasteiger partial charge < -0.3 is 10.6 Å². The van der Waals surface area contributed by atoms with E-state index >= 15 is 0 Å². The number of carbonyl (C=O) groups excluding carboxylic acids is 1. The topological polar surface area (TPSA) is 54.0 Å². The van der Waals surface area contributed by atoms with Crippen LogP contribution in [0.25, 0.3) is 0 Å². The van der Waals surface area contributed by atoms with Crippen LogP contribution < -0.4 is 10.6 Å². The molecule has 1 saturated carbocycles. The minimum absolute atomic E-state index is 0.0778. The van der Waals surface area contributed by atoms with Crippen molar-refractivity contribution in [2.24, 2.45) is 5.92 Å². The summed E-state index contributed by atoms with van der Waals surface area (Å²) in [6.45, 7) is 5.16. The Morgan fingerprint density at radius 2 is 2.10 bits per heavy atom. The van der Waals surface area contributed by atoms with Crippen molar-refractivity contribution in [3.8, 4) is 0 Å². The lowest BCUT2D eigenvalue weighted by Crippen LogP contribution is -2.37. The molecular formula is C16H24ClN3O. The van der Waals surface area contributed by atoms with E-state index in [0.717, 1.165) is 31.7 Å². The predicted molar refractivity (Wildman–Crippen MR) is 86.9 cm³/mol. The third-order valence-corrected chi connectivity index (χ3v) is 4.29. The van der Waals surface area contributed by atoms with Crippen LogP contribution in [-0.4, -0.2) is 23.5 Å². The molecule has 4 nitrogen and oxygen atoms in total. The van der Waals surface area contributed by atoms with Gasteiger partial charge in [0.05, 0.1) is 10.6 Å². The summed E-state index contributed by atoms with van der Waals surface area (Å²) >= 11 is 6.17. The molecule has 0 unspecified atom stereocenters. The van der Waals surface area contributed by atoms with Crippen molar-refractivity contribution in [3.63, 3.8) is 0 Å². The van der Waals surface area contributed by atoms with E-state index in [9.17, 15) is 4.79 Å². The number of nitrogens with one attached hydrogen (secondary N) is 2. The molecule has 0 atom stereocenters. The number of anilines is 1. The van der Waals surface area contributed by atoms with Crippen LogP contribution in [0.15, 0.2) is 12.3 Å². The zero-order chi connectivity index (χ0) is 15.2. The van der Waals surface area contributed by atoms with Gasteiger partial charge in [0.15, 0.2) is 0 Å². The lowest BCUT2D eigenvalue weighted by Gasteiger charge is -2.26. The van der Waals surface area contributed by atoms with Crippen molar-refractivity contribution in [2.75, 3.05) is 11.9 Å². The summed E-state index contributed by atoms with van der Waals surface area (Å²) in [4.78, 5) is 16.5. The predicted octanol–water partition coefficient (Wildman–Crippen LogP) is 3.87. The zero-order valence-electron chi connectivity index (χ0n) is 12.8. The zero-order valence-corrected chi connectivity index (χ0v) is 13.5. The highest BCUT2D eigenvalue weighted by atomic mass is 35.5. The molecular weight excluding hydrogens is 286 g/mol. The van der Waals surface area contributed by atoms with Crippen LogP contribution >= 0.6 is 11.6 Å². The molecule has 1 aromatic heterocycles. The molecule has 0 aliphatic heterocycles. The fraction of sp³-hybridized carbons (Fsp3) is 0.625. The Labute approximate surface area is 131 Å². The molecule has 2 rings (SSSR count). The largest absolute Gasteiger partial charge is 0.369 e. The van der Waals surface area contributed by atoms with Crippen molar-refractivity contribution < 1.29 is 4.79 Å². The maximum atomic E-state index is 12.2. The molecule has 1 aliphatic carbocycles. The molecule has 1 heterocycles. The van der Waals surface area contributed by atoms with E-state index < -0.39 is 0 Å². The van der Waals surface area contributed by atoms with Crippen molar-refractivity contribution in [3.05, 3.63) is 22.8 Å². The second-order valence-corrected chi connectivity index (χ2v) is 6.32. The molecule has 0 spiro atoms. The summed E-state index contributed by atoms with van der Waals surface area (Å²) in [5.41, 5.74) is 0.528. The van der Waals surface area contributed by atoms with Crippen LogP contribution in [0, 0.1) is 5.92 Å². The van der Waals surface area contributed by atoms with Crippen LogP contribution in [0.5, 0.6) is 0 Å². The van der Waals surface area contributed by atoms with Crippen LogP contribution in [0.4, 0.5) is 5.82 Å². The first-order valence-electron chi connectivity index (χ1n) is 7.80. The highest BCUT2D eigenvalue weighted by Gasteiger charge is 2.20. The second-order valence-electron chi connectivity index (χ2n) is 5.91. The average molecular weight is 310 g/mol. The van der Waals surface area contributed by atoms with Gasteiger partial charge in [0.1, 0.15) is 5.82 Å². The Morgan fingerprint density at radius 1 is 1.38 bits per heavy atom. The molecule has 0 bridgehead atoms. The molecule has 1 amide bonds. The number of aromatic nitrogens is 1. The smallest absolute Gasteiger partial charge is 0.253 e. The van der Waals surface area contributed by atoms with Crippen LogP contribution in [0.1, 0.15) is 56.3 Å². The Hall–Kier alpha value is -1.29. The minimum Gasteiger partial charge on any atom is -0.369 e. The van der Waals surface area contributed by atoms with Crippen LogP contribution in [0.2, 0.25) is 5.02 Å². The van der Waals surface area contributed by atoms with Gasteiger partial charge in [0.2, 0.25) is 0 Å². The molecule has 0 saturated heterocycles. The van der Waals surface area contributed by atoms with Crippen molar-refractivity contribution >= 4 is 23.3 Å². The monoisotopic (exact) mass is 309 g/mol. The number of amides is 1. The Morgan fingerprint density at radius 3 is 2.71 bits per heavy atom. The van der Waals surface area contributed by atoms with Crippen molar-refractivity contribution in [1.29, 1.82) is 0 Å². The summed E-state index contributed by atoms with van der Waals surface area (Å²) in [6, 6.07) is 1.97. The van der Waals surface area contributed by atoms with E-state index in [2.05, 4.69) is 29.5 Å². The van der Waals surface area contributed by atoms with E-state index in [4.69, 9.17) is 11.6 Å². The van der Waals surface area contributed by atoms with Gasteiger partial charge in [-0.05, 0) is 44.1 Å². The molecule has 116 valence electrons. The fourth-order valence-corrected chi connectivity index (χ4v) is 2.84. The SMILES string of the molecule is CCCNc1ncc(C(=O)NC2CCC(C)CC2)cc1Cl. The van der Waals surface area contributed by atoms with Crippen LogP contribution in [-0.2, 0) is 0 Å². The Balaban J connectivity index is 1.94. The number of hydrogen-bond acceptors (Lipinski definition) is 3. The van der Waals surface area contributed by atoms with E-state index in [-0.39, 0.29) is 11.9 Å². The molecule has 0 aromatic carbocycles. The summed E-state index contributed by atoms with van der Waals surface area (Å²) in [5.74, 6) is 1.34. The summed E-state index contributed by atoms with van der Waals surface area (Å²) in [5, 5.41) is 6.72. The maximum absolute atomic E-state index is 12.2. The van der Waals surface area contributed by atoms with Gasteiger partial charge in [0.25, 0.3) is 5.91 Å². The molecule has 21 heavy (non-hydrogen) atoms. The number of rotatable bonds is 5. The van der Waals surface area contributed by atoms with Gasteiger partial charge in [-0.2, -0.15) is 0 Å². The van der Waals surface area contributed by atoms with Crippen molar-refractivity contribution in [1.82, 2.24) is 10.3 Å². The normalized spacial score (nSPS) is 21.9. The number of halogens is 1. The van der Waals surface area contributed by atoms with E-state index in [1.807, 2.05) is 0 Å². The third kappa shape index (κ3) is 4.60. The van der Waals surface area contributed by atoms with Gasteiger partial charge in [-0.25, -0.2) is 4.98 Å². The molecule has 1 fully saturated rings. The molecule has 5 heteroatoms. The highest BCUT2D eigenvalue weighted by molar-refractivity contribution is 6.33.